The third-order valence-corrected chi connectivity index (χ3v) is 1.91. The third kappa shape index (κ3) is 5.51. The van der Waals surface area contributed by atoms with E-state index in [-0.39, 0.29) is 12.6 Å². The summed E-state index contributed by atoms with van der Waals surface area (Å²) in [6.07, 6.45) is 0. The first-order valence-corrected chi connectivity index (χ1v) is 5.46. The number of hydrogen-bond acceptors (Lipinski definition) is 3. The molecular weight excluding hydrogens is 204 g/mol. The van der Waals surface area contributed by atoms with Gasteiger partial charge in [0.1, 0.15) is 6.61 Å². The van der Waals surface area contributed by atoms with Gasteiger partial charge in [-0.1, -0.05) is 44.2 Å². The third-order valence-electron chi connectivity index (χ3n) is 1.91. The van der Waals surface area contributed by atoms with Crippen molar-refractivity contribution in [1.82, 2.24) is 0 Å². The van der Waals surface area contributed by atoms with Gasteiger partial charge in [-0.25, -0.2) is 4.79 Å². The summed E-state index contributed by atoms with van der Waals surface area (Å²) in [6, 6.07) is 9.74. The number of hydrogen-bond donors (Lipinski definition) is 0. The van der Waals surface area contributed by atoms with Gasteiger partial charge >= 0.3 is 5.97 Å². The second kappa shape index (κ2) is 7.01. The van der Waals surface area contributed by atoms with E-state index < -0.39 is 0 Å². The Labute approximate surface area is 96.4 Å². The molecule has 0 bridgehead atoms. The average molecular weight is 222 g/mol. The molecule has 0 aromatic heterocycles. The van der Waals surface area contributed by atoms with Crippen molar-refractivity contribution in [2.24, 2.45) is 5.92 Å². The largest absolute Gasteiger partial charge is 0.464 e. The summed E-state index contributed by atoms with van der Waals surface area (Å²) in [4.78, 5) is 11.2. The van der Waals surface area contributed by atoms with E-state index in [0.717, 1.165) is 5.56 Å². The molecule has 0 N–H and O–H groups in total. The second-order valence-corrected chi connectivity index (χ2v) is 4.06. The Morgan fingerprint density at radius 1 is 1.25 bits per heavy atom. The summed E-state index contributed by atoms with van der Waals surface area (Å²) in [5, 5.41) is 0. The number of benzene rings is 1. The molecule has 16 heavy (non-hydrogen) atoms. The van der Waals surface area contributed by atoms with Crippen LogP contribution in [0.1, 0.15) is 19.4 Å². The lowest BCUT2D eigenvalue weighted by molar-refractivity contribution is -0.150. The molecule has 0 atom stereocenters. The maximum atomic E-state index is 11.2. The first kappa shape index (κ1) is 12.7. The zero-order valence-corrected chi connectivity index (χ0v) is 9.81. The van der Waals surface area contributed by atoms with Crippen molar-refractivity contribution in [3.8, 4) is 0 Å². The number of rotatable bonds is 6. The molecule has 0 saturated carbocycles. The van der Waals surface area contributed by atoms with Crippen molar-refractivity contribution < 1.29 is 14.3 Å². The van der Waals surface area contributed by atoms with Crippen LogP contribution in [0.5, 0.6) is 0 Å². The van der Waals surface area contributed by atoms with Gasteiger partial charge in [0, 0.05) is 0 Å². The standard InChI is InChI=1S/C13H18O3/c1-11(2)8-16-13(14)10-15-9-12-6-4-3-5-7-12/h3-7,11H,8-10H2,1-2H3. The molecule has 0 unspecified atom stereocenters. The van der Waals surface area contributed by atoms with Crippen molar-refractivity contribution in [2.75, 3.05) is 13.2 Å². The van der Waals surface area contributed by atoms with E-state index in [9.17, 15) is 4.79 Å². The Morgan fingerprint density at radius 3 is 2.56 bits per heavy atom. The predicted molar refractivity (Wildman–Crippen MR) is 61.9 cm³/mol. The second-order valence-electron chi connectivity index (χ2n) is 4.06. The summed E-state index contributed by atoms with van der Waals surface area (Å²) in [5.41, 5.74) is 1.05. The van der Waals surface area contributed by atoms with Gasteiger partial charge < -0.3 is 9.47 Å². The Bertz CT molecular complexity index is 306. The first-order valence-electron chi connectivity index (χ1n) is 5.46. The van der Waals surface area contributed by atoms with Crippen LogP contribution in [0, 0.1) is 5.92 Å². The van der Waals surface area contributed by atoms with E-state index in [1.165, 1.54) is 0 Å². The number of carbonyl (C=O) groups is 1. The maximum Gasteiger partial charge on any atom is 0.332 e. The minimum atomic E-state index is -0.301. The molecule has 3 heteroatoms. The Hall–Kier alpha value is -1.35. The van der Waals surface area contributed by atoms with Crippen LogP contribution in [0.25, 0.3) is 0 Å². The molecule has 0 heterocycles. The topological polar surface area (TPSA) is 35.5 Å². The molecule has 0 spiro atoms. The molecule has 0 fully saturated rings. The summed E-state index contributed by atoms with van der Waals surface area (Å²) < 4.78 is 10.2. The van der Waals surface area contributed by atoms with Gasteiger partial charge in [0.25, 0.3) is 0 Å². The highest BCUT2D eigenvalue weighted by Crippen LogP contribution is 2.00. The van der Waals surface area contributed by atoms with Gasteiger partial charge in [-0.15, -0.1) is 0 Å². The van der Waals surface area contributed by atoms with E-state index in [0.29, 0.717) is 19.1 Å². The monoisotopic (exact) mass is 222 g/mol. The SMILES string of the molecule is CC(C)COC(=O)COCc1ccccc1. The van der Waals surface area contributed by atoms with Crippen LogP contribution in [0.2, 0.25) is 0 Å². The smallest absolute Gasteiger partial charge is 0.332 e. The first-order chi connectivity index (χ1) is 7.68. The van der Waals surface area contributed by atoms with Crippen LogP contribution < -0.4 is 0 Å². The number of esters is 1. The highest BCUT2D eigenvalue weighted by atomic mass is 16.6. The highest BCUT2D eigenvalue weighted by Gasteiger charge is 2.04. The molecule has 88 valence electrons. The fraction of sp³-hybridized carbons (Fsp3) is 0.462. The Kier molecular flexibility index (Phi) is 5.57. The van der Waals surface area contributed by atoms with Crippen molar-refractivity contribution >= 4 is 5.97 Å². The van der Waals surface area contributed by atoms with Gasteiger partial charge in [-0.2, -0.15) is 0 Å². The normalized spacial score (nSPS) is 10.4. The van der Waals surface area contributed by atoms with Crippen molar-refractivity contribution in [2.45, 2.75) is 20.5 Å². The van der Waals surface area contributed by atoms with Crippen LogP contribution in [0.15, 0.2) is 30.3 Å². The minimum Gasteiger partial charge on any atom is -0.464 e. The zero-order valence-electron chi connectivity index (χ0n) is 9.81. The van der Waals surface area contributed by atoms with Gasteiger partial charge in [0.05, 0.1) is 13.2 Å². The quantitative estimate of drug-likeness (QED) is 0.693. The predicted octanol–water partition coefficient (Wildman–Crippen LogP) is 2.40. The summed E-state index contributed by atoms with van der Waals surface area (Å²) in [6.45, 7) is 4.91. The minimum absolute atomic E-state index is 0.0155. The van der Waals surface area contributed by atoms with Crippen molar-refractivity contribution in [3.63, 3.8) is 0 Å². The van der Waals surface area contributed by atoms with Crippen LogP contribution in [-0.4, -0.2) is 19.2 Å². The zero-order chi connectivity index (χ0) is 11.8. The molecule has 0 saturated heterocycles. The van der Waals surface area contributed by atoms with E-state index in [4.69, 9.17) is 9.47 Å². The van der Waals surface area contributed by atoms with Gasteiger partial charge in [0.2, 0.25) is 0 Å². The molecule has 0 aliphatic carbocycles. The summed E-state index contributed by atoms with van der Waals surface area (Å²) >= 11 is 0. The van der Waals surface area contributed by atoms with Crippen molar-refractivity contribution in [1.29, 1.82) is 0 Å². The van der Waals surface area contributed by atoms with E-state index in [1.807, 2.05) is 44.2 Å². The highest BCUT2D eigenvalue weighted by molar-refractivity contribution is 5.70. The lowest BCUT2D eigenvalue weighted by atomic mass is 10.2. The Morgan fingerprint density at radius 2 is 1.94 bits per heavy atom. The fourth-order valence-corrected chi connectivity index (χ4v) is 1.13. The molecule has 0 amide bonds. The van der Waals surface area contributed by atoms with Crippen LogP contribution in [0.4, 0.5) is 0 Å². The maximum absolute atomic E-state index is 11.2. The van der Waals surface area contributed by atoms with E-state index >= 15 is 0 Å². The molecular formula is C13H18O3. The molecule has 0 radical (unpaired) electrons. The average Bonchev–Trinajstić information content (AvgIpc) is 2.28. The lowest BCUT2D eigenvalue weighted by Crippen LogP contribution is -2.15. The molecule has 3 nitrogen and oxygen atoms in total. The van der Waals surface area contributed by atoms with Crippen LogP contribution >= 0.6 is 0 Å². The molecule has 0 aliphatic heterocycles. The van der Waals surface area contributed by atoms with Crippen molar-refractivity contribution in [3.05, 3.63) is 35.9 Å². The molecule has 0 aliphatic rings. The summed E-state index contributed by atoms with van der Waals surface area (Å²) in [7, 11) is 0. The fourth-order valence-electron chi connectivity index (χ4n) is 1.13. The molecule has 1 aromatic carbocycles. The molecule has 1 aromatic rings. The number of carbonyl (C=O) groups excluding carboxylic acids is 1. The van der Waals surface area contributed by atoms with Crippen LogP contribution in [-0.2, 0) is 20.9 Å². The van der Waals surface area contributed by atoms with Crippen LogP contribution in [0.3, 0.4) is 0 Å². The lowest BCUT2D eigenvalue weighted by Gasteiger charge is -2.07. The van der Waals surface area contributed by atoms with E-state index in [1.54, 1.807) is 0 Å². The number of ether oxygens (including phenoxy) is 2. The Balaban J connectivity index is 2.13. The van der Waals surface area contributed by atoms with Gasteiger partial charge in [-0.05, 0) is 11.5 Å². The molecule has 1 rings (SSSR count). The summed E-state index contributed by atoms with van der Waals surface area (Å²) in [5.74, 6) is 0.0581. The van der Waals surface area contributed by atoms with E-state index in [2.05, 4.69) is 0 Å². The van der Waals surface area contributed by atoms with Gasteiger partial charge in [0.15, 0.2) is 0 Å². The van der Waals surface area contributed by atoms with Gasteiger partial charge in [-0.3, -0.25) is 0 Å².